The van der Waals surface area contributed by atoms with Crippen molar-refractivity contribution in [3.63, 3.8) is 0 Å². The molecule has 3 unspecified atom stereocenters. The number of benzene rings is 1. The van der Waals surface area contributed by atoms with Crippen LogP contribution in [-0.4, -0.2) is 31.7 Å². The topological polar surface area (TPSA) is 77.8 Å². The normalized spacial score (nSPS) is 25.8. The van der Waals surface area contributed by atoms with Gasteiger partial charge >= 0.3 is 0 Å². The molecule has 2 aliphatic rings. The van der Waals surface area contributed by atoms with Crippen LogP contribution in [0.4, 0.5) is 0 Å². The summed E-state index contributed by atoms with van der Waals surface area (Å²) in [6, 6.07) is 9.04. The number of fused-ring (bicyclic) bond motifs is 1. The Labute approximate surface area is 140 Å². The van der Waals surface area contributed by atoms with Gasteiger partial charge in [-0.1, -0.05) is 6.07 Å². The third-order valence-corrected chi connectivity index (χ3v) is 4.33. The molecule has 3 atom stereocenters. The molecule has 1 fully saturated rings. The van der Waals surface area contributed by atoms with Gasteiger partial charge in [-0.25, -0.2) is 0 Å². The van der Waals surface area contributed by atoms with Crippen molar-refractivity contribution in [2.45, 2.75) is 31.5 Å². The number of ketones is 1. The summed E-state index contributed by atoms with van der Waals surface area (Å²) < 4.78 is 22.0. The molecular weight excluding hydrogens is 310 g/mol. The van der Waals surface area contributed by atoms with Crippen molar-refractivity contribution in [1.82, 2.24) is 0 Å². The Balaban J connectivity index is 1.66. The number of nitriles is 1. The molecule has 0 aromatic heterocycles. The number of nitrogens with zero attached hydrogens (tertiary/aromatic N) is 1. The lowest BCUT2D eigenvalue weighted by molar-refractivity contribution is -0.133. The number of rotatable bonds is 5. The Kier molecular flexibility index (Phi) is 5.02. The predicted molar refractivity (Wildman–Crippen MR) is 84.3 cm³/mol. The average Bonchev–Trinajstić information content (AvgIpc) is 2.62. The van der Waals surface area contributed by atoms with Crippen molar-refractivity contribution in [3.05, 3.63) is 36.3 Å². The number of hydrogen-bond acceptors (Lipinski definition) is 6. The van der Waals surface area contributed by atoms with E-state index in [0.29, 0.717) is 24.3 Å². The summed E-state index contributed by atoms with van der Waals surface area (Å²) in [6.07, 6.45) is 3.15. The summed E-state index contributed by atoms with van der Waals surface area (Å²) >= 11 is 0. The maximum atomic E-state index is 12.6. The lowest BCUT2D eigenvalue weighted by Crippen LogP contribution is -2.42. The molecule has 1 saturated carbocycles. The molecule has 0 amide bonds. The van der Waals surface area contributed by atoms with Gasteiger partial charge in [-0.2, -0.15) is 5.26 Å². The van der Waals surface area contributed by atoms with Gasteiger partial charge in [-0.05, 0) is 25.0 Å². The third kappa shape index (κ3) is 3.52. The summed E-state index contributed by atoms with van der Waals surface area (Å²) in [5, 5.41) is 8.59. The molecule has 24 heavy (non-hydrogen) atoms. The second kappa shape index (κ2) is 7.37. The van der Waals surface area contributed by atoms with Crippen LogP contribution in [0.5, 0.6) is 11.5 Å². The third-order valence-electron chi connectivity index (χ3n) is 4.33. The second-order valence-electron chi connectivity index (χ2n) is 5.81. The van der Waals surface area contributed by atoms with Gasteiger partial charge in [0.2, 0.25) is 11.5 Å². The van der Waals surface area contributed by atoms with Gasteiger partial charge in [-0.15, -0.1) is 0 Å². The Morgan fingerprint density at radius 3 is 2.96 bits per heavy atom. The average molecular weight is 329 g/mol. The van der Waals surface area contributed by atoms with Gasteiger partial charge in [0, 0.05) is 12.5 Å². The molecule has 6 nitrogen and oxygen atoms in total. The van der Waals surface area contributed by atoms with E-state index in [0.717, 1.165) is 6.42 Å². The highest BCUT2D eigenvalue weighted by molar-refractivity contribution is 5.96. The number of ether oxygens (including phenoxy) is 4. The highest BCUT2D eigenvalue weighted by Crippen LogP contribution is 2.35. The van der Waals surface area contributed by atoms with Crippen molar-refractivity contribution >= 4 is 5.78 Å². The zero-order chi connectivity index (χ0) is 16.9. The molecule has 1 aliphatic heterocycles. The van der Waals surface area contributed by atoms with Crippen LogP contribution in [0.2, 0.25) is 0 Å². The zero-order valence-electron chi connectivity index (χ0n) is 13.4. The fourth-order valence-electron chi connectivity index (χ4n) is 3.11. The quantitative estimate of drug-likeness (QED) is 0.826. The molecule has 126 valence electrons. The maximum Gasteiger partial charge on any atom is 0.207 e. The maximum absolute atomic E-state index is 12.6. The Morgan fingerprint density at radius 1 is 1.33 bits per heavy atom. The fourth-order valence-corrected chi connectivity index (χ4v) is 3.11. The van der Waals surface area contributed by atoms with Gasteiger partial charge in [0.25, 0.3) is 0 Å². The van der Waals surface area contributed by atoms with E-state index < -0.39 is 0 Å². The zero-order valence-corrected chi connectivity index (χ0v) is 13.4. The molecule has 6 heteroatoms. The van der Waals surface area contributed by atoms with Crippen LogP contribution in [-0.2, 0) is 14.3 Å². The van der Waals surface area contributed by atoms with Crippen LogP contribution in [0.3, 0.4) is 0 Å². The Hall–Kier alpha value is -2.52. The van der Waals surface area contributed by atoms with Crippen molar-refractivity contribution in [2.24, 2.45) is 5.92 Å². The second-order valence-corrected chi connectivity index (χ2v) is 5.81. The van der Waals surface area contributed by atoms with E-state index in [1.54, 1.807) is 31.4 Å². The summed E-state index contributed by atoms with van der Waals surface area (Å²) in [7, 11) is 1.57. The van der Waals surface area contributed by atoms with Gasteiger partial charge in [-0.3, -0.25) is 4.79 Å². The minimum absolute atomic E-state index is 0.0343. The van der Waals surface area contributed by atoms with Crippen molar-refractivity contribution in [3.8, 4) is 17.6 Å². The van der Waals surface area contributed by atoms with Crippen molar-refractivity contribution in [2.75, 3.05) is 13.7 Å². The van der Waals surface area contributed by atoms with Crippen molar-refractivity contribution < 1.29 is 23.7 Å². The summed E-state index contributed by atoms with van der Waals surface area (Å²) in [5.74, 6) is 1.12. The lowest BCUT2D eigenvalue weighted by Gasteiger charge is -2.36. The van der Waals surface area contributed by atoms with E-state index in [9.17, 15) is 4.79 Å². The molecule has 0 radical (unpaired) electrons. The number of methoxy groups -OCH3 is 1. The highest BCUT2D eigenvalue weighted by atomic mass is 16.5. The van der Waals surface area contributed by atoms with Crippen molar-refractivity contribution in [1.29, 1.82) is 5.26 Å². The van der Waals surface area contributed by atoms with E-state index in [4.69, 9.17) is 24.2 Å². The van der Waals surface area contributed by atoms with E-state index in [2.05, 4.69) is 0 Å². The smallest absolute Gasteiger partial charge is 0.207 e. The summed E-state index contributed by atoms with van der Waals surface area (Å²) in [4.78, 5) is 12.6. The van der Waals surface area contributed by atoms with Gasteiger partial charge < -0.3 is 18.9 Å². The molecule has 0 saturated heterocycles. The van der Waals surface area contributed by atoms with Crippen LogP contribution < -0.4 is 9.47 Å². The first kappa shape index (κ1) is 16.3. The Morgan fingerprint density at radius 2 is 2.17 bits per heavy atom. The van der Waals surface area contributed by atoms with Crippen LogP contribution in [0, 0.1) is 17.2 Å². The monoisotopic (exact) mass is 329 g/mol. The number of Topliss-reactive ketones (excluding diaryl/α,β-unsaturated/α-hetero) is 1. The molecule has 1 aromatic rings. The molecule has 1 aliphatic carbocycles. The first-order valence-electron chi connectivity index (χ1n) is 7.91. The molecule has 0 N–H and O–H groups in total. The SMILES string of the molecule is COc1cccc(OC2=COC3CC(OCC#N)CCC3C2=O)c1. The fraction of sp³-hybridized carbons (Fsp3) is 0.444. The van der Waals surface area contributed by atoms with Crippen LogP contribution in [0.15, 0.2) is 36.3 Å². The largest absolute Gasteiger partial charge is 0.497 e. The number of carbonyl (C=O) groups is 1. The number of hydrogen-bond donors (Lipinski definition) is 0. The first-order chi connectivity index (χ1) is 11.7. The number of allylic oxidation sites excluding steroid dienone is 1. The van der Waals surface area contributed by atoms with Crippen LogP contribution in [0.25, 0.3) is 0 Å². The molecule has 0 spiro atoms. The summed E-state index contributed by atoms with van der Waals surface area (Å²) in [5.41, 5.74) is 0. The molecule has 0 bridgehead atoms. The van der Waals surface area contributed by atoms with E-state index in [1.807, 2.05) is 6.07 Å². The van der Waals surface area contributed by atoms with E-state index >= 15 is 0 Å². The predicted octanol–water partition coefficient (Wildman–Crippen LogP) is 2.59. The van der Waals surface area contributed by atoms with Crippen LogP contribution in [0.1, 0.15) is 19.3 Å². The van der Waals surface area contributed by atoms with E-state index in [1.165, 1.54) is 6.26 Å². The standard InChI is InChI=1S/C18H19NO5/c1-21-12-3-2-4-14(9-12)24-17-11-23-16-10-13(22-8-7-19)5-6-15(16)18(17)20/h2-4,9,11,13,15-16H,5-6,8,10H2,1H3. The molecule has 1 aromatic carbocycles. The minimum atomic E-state index is -0.224. The molecule has 1 heterocycles. The highest BCUT2D eigenvalue weighted by Gasteiger charge is 2.41. The van der Waals surface area contributed by atoms with Gasteiger partial charge in [0.05, 0.1) is 25.2 Å². The van der Waals surface area contributed by atoms with E-state index in [-0.39, 0.29) is 36.3 Å². The molecular formula is C18H19NO5. The van der Waals surface area contributed by atoms with Crippen LogP contribution >= 0.6 is 0 Å². The molecule has 3 rings (SSSR count). The Bertz CT molecular complexity index is 678. The lowest BCUT2D eigenvalue weighted by atomic mass is 9.80. The number of carbonyl (C=O) groups excluding carboxylic acids is 1. The first-order valence-corrected chi connectivity index (χ1v) is 7.91. The van der Waals surface area contributed by atoms with Gasteiger partial charge in [0.1, 0.15) is 30.5 Å². The van der Waals surface area contributed by atoms with Gasteiger partial charge in [0.15, 0.2) is 0 Å². The summed E-state index contributed by atoms with van der Waals surface area (Å²) in [6.45, 7) is 0.0655. The minimum Gasteiger partial charge on any atom is -0.497 e.